The number of rotatable bonds is 5. The van der Waals surface area contributed by atoms with Gasteiger partial charge in [-0.2, -0.15) is 5.10 Å². The van der Waals surface area contributed by atoms with Crippen molar-refractivity contribution in [1.29, 1.82) is 0 Å². The van der Waals surface area contributed by atoms with Gasteiger partial charge in [-0.25, -0.2) is 0 Å². The molecule has 0 saturated carbocycles. The Labute approximate surface area is 120 Å². The Morgan fingerprint density at radius 1 is 1.20 bits per heavy atom. The lowest BCUT2D eigenvalue weighted by Crippen LogP contribution is -2.05. The maximum Gasteiger partial charge on any atom is 0.119 e. The van der Waals surface area contributed by atoms with Gasteiger partial charge in [-0.3, -0.25) is 4.68 Å². The van der Waals surface area contributed by atoms with Gasteiger partial charge >= 0.3 is 0 Å². The molecule has 0 radical (unpaired) electrons. The smallest absolute Gasteiger partial charge is 0.119 e. The summed E-state index contributed by atoms with van der Waals surface area (Å²) in [5, 5.41) is 4.59. The Morgan fingerprint density at radius 2 is 1.85 bits per heavy atom. The molecule has 0 amide bonds. The van der Waals surface area contributed by atoms with Gasteiger partial charge in [0.15, 0.2) is 0 Å². The molecule has 0 saturated heterocycles. The van der Waals surface area contributed by atoms with Crippen molar-refractivity contribution in [1.82, 2.24) is 9.78 Å². The van der Waals surface area contributed by atoms with Crippen molar-refractivity contribution in [3.63, 3.8) is 0 Å². The van der Waals surface area contributed by atoms with Crippen LogP contribution >= 0.6 is 0 Å². The van der Waals surface area contributed by atoms with Gasteiger partial charge in [0, 0.05) is 17.8 Å². The van der Waals surface area contributed by atoms with Crippen LogP contribution in [0.4, 0.5) is 5.69 Å². The van der Waals surface area contributed by atoms with E-state index in [2.05, 4.69) is 18.9 Å². The average Bonchev–Trinajstić information content (AvgIpc) is 2.80. The average molecular weight is 273 g/mol. The first kappa shape index (κ1) is 14.4. The van der Waals surface area contributed by atoms with E-state index >= 15 is 0 Å². The number of ether oxygens (including phenoxy) is 1. The summed E-state index contributed by atoms with van der Waals surface area (Å²) in [4.78, 5) is 0. The van der Waals surface area contributed by atoms with Gasteiger partial charge in [-0.15, -0.1) is 0 Å². The standard InChI is InChI=1S/C16H23N3O/c1-5-12(4)19-10-15(17)16(18-19)13-6-8-14(9-7-13)20-11(2)3/h6-12H,5,17H2,1-4H3. The minimum absolute atomic E-state index is 0.176. The van der Waals surface area contributed by atoms with Gasteiger partial charge in [-0.05, 0) is 51.5 Å². The summed E-state index contributed by atoms with van der Waals surface area (Å²) in [6.07, 6.45) is 3.11. The summed E-state index contributed by atoms with van der Waals surface area (Å²) in [5.74, 6) is 0.865. The molecule has 0 bridgehead atoms. The topological polar surface area (TPSA) is 53.1 Å². The van der Waals surface area contributed by atoms with Gasteiger partial charge in [0.25, 0.3) is 0 Å². The van der Waals surface area contributed by atoms with Crippen LogP contribution in [0, 0.1) is 0 Å². The largest absolute Gasteiger partial charge is 0.491 e. The van der Waals surface area contributed by atoms with E-state index < -0.39 is 0 Å². The van der Waals surface area contributed by atoms with Crippen LogP contribution in [0.3, 0.4) is 0 Å². The number of nitrogens with zero attached hydrogens (tertiary/aromatic N) is 2. The predicted molar refractivity (Wildman–Crippen MR) is 82.8 cm³/mol. The molecule has 0 aliphatic rings. The van der Waals surface area contributed by atoms with Crippen LogP contribution in [0.2, 0.25) is 0 Å². The van der Waals surface area contributed by atoms with E-state index in [9.17, 15) is 0 Å². The lowest BCUT2D eigenvalue weighted by molar-refractivity contribution is 0.242. The molecule has 1 aromatic carbocycles. The number of aromatic nitrogens is 2. The molecular formula is C16H23N3O. The van der Waals surface area contributed by atoms with Crippen molar-refractivity contribution < 1.29 is 4.74 Å². The Morgan fingerprint density at radius 3 is 2.40 bits per heavy atom. The molecule has 1 atom stereocenters. The quantitative estimate of drug-likeness (QED) is 0.899. The number of benzene rings is 1. The van der Waals surface area contributed by atoms with Gasteiger partial charge in [0.2, 0.25) is 0 Å². The van der Waals surface area contributed by atoms with Crippen molar-refractivity contribution in [2.24, 2.45) is 0 Å². The van der Waals surface area contributed by atoms with E-state index in [4.69, 9.17) is 10.5 Å². The van der Waals surface area contributed by atoms with Crippen molar-refractivity contribution >= 4 is 5.69 Å². The zero-order valence-electron chi connectivity index (χ0n) is 12.6. The highest BCUT2D eigenvalue weighted by molar-refractivity contribution is 5.72. The lowest BCUT2D eigenvalue weighted by atomic mass is 10.1. The highest BCUT2D eigenvalue weighted by Gasteiger charge is 2.11. The SMILES string of the molecule is CCC(C)n1cc(N)c(-c2ccc(OC(C)C)cc2)n1. The minimum atomic E-state index is 0.176. The normalized spacial score (nSPS) is 12.7. The van der Waals surface area contributed by atoms with Gasteiger partial charge in [0.1, 0.15) is 11.4 Å². The summed E-state index contributed by atoms with van der Waals surface area (Å²) in [6.45, 7) is 8.30. The monoisotopic (exact) mass is 273 g/mol. The number of anilines is 1. The van der Waals surface area contributed by atoms with Gasteiger partial charge in [0.05, 0.1) is 11.8 Å². The fourth-order valence-electron chi connectivity index (χ4n) is 2.01. The number of nitrogen functional groups attached to an aromatic ring is 1. The molecule has 4 heteroatoms. The van der Waals surface area contributed by atoms with E-state index in [1.54, 1.807) is 0 Å². The molecule has 20 heavy (non-hydrogen) atoms. The molecule has 1 heterocycles. The third kappa shape index (κ3) is 3.13. The van der Waals surface area contributed by atoms with E-state index in [1.165, 1.54) is 0 Å². The van der Waals surface area contributed by atoms with Crippen molar-refractivity contribution in [2.75, 3.05) is 5.73 Å². The second-order valence-corrected chi connectivity index (χ2v) is 5.36. The molecule has 0 aliphatic carbocycles. The molecule has 0 aliphatic heterocycles. The summed E-state index contributed by atoms with van der Waals surface area (Å²) < 4.78 is 7.57. The van der Waals surface area contributed by atoms with E-state index in [0.29, 0.717) is 11.7 Å². The first-order chi connectivity index (χ1) is 9.51. The molecule has 4 nitrogen and oxygen atoms in total. The third-order valence-corrected chi connectivity index (χ3v) is 3.30. The lowest BCUT2D eigenvalue weighted by Gasteiger charge is -2.10. The molecule has 1 unspecified atom stereocenters. The molecule has 0 fully saturated rings. The van der Waals surface area contributed by atoms with Crippen molar-refractivity contribution in [3.05, 3.63) is 30.5 Å². The van der Waals surface area contributed by atoms with Crippen LogP contribution in [-0.2, 0) is 0 Å². The number of hydrogen-bond acceptors (Lipinski definition) is 3. The molecule has 2 aromatic rings. The second kappa shape index (κ2) is 5.99. The molecule has 0 spiro atoms. The Bertz CT molecular complexity index is 558. The van der Waals surface area contributed by atoms with E-state index in [0.717, 1.165) is 23.4 Å². The summed E-state index contributed by atoms with van der Waals surface area (Å²) in [5.41, 5.74) is 8.63. The van der Waals surface area contributed by atoms with Crippen LogP contribution in [0.1, 0.15) is 40.2 Å². The zero-order chi connectivity index (χ0) is 14.7. The summed E-state index contributed by atoms with van der Waals surface area (Å²) in [7, 11) is 0. The summed E-state index contributed by atoms with van der Waals surface area (Å²) in [6, 6.07) is 8.26. The highest BCUT2D eigenvalue weighted by atomic mass is 16.5. The van der Waals surface area contributed by atoms with Crippen LogP contribution in [0.5, 0.6) is 5.75 Å². The van der Waals surface area contributed by atoms with Gasteiger partial charge < -0.3 is 10.5 Å². The predicted octanol–water partition coefficient (Wildman–Crippen LogP) is 3.89. The van der Waals surface area contributed by atoms with Crippen LogP contribution < -0.4 is 10.5 Å². The fourth-order valence-corrected chi connectivity index (χ4v) is 2.01. The number of nitrogens with two attached hydrogens (primary N) is 1. The van der Waals surface area contributed by atoms with Crippen LogP contribution in [-0.4, -0.2) is 15.9 Å². The van der Waals surface area contributed by atoms with Gasteiger partial charge in [-0.1, -0.05) is 6.92 Å². The molecule has 2 N–H and O–H groups in total. The summed E-state index contributed by atoms with van der Waals surface area (Å²) >= 11 is 0. The van der Waals surface area contributed by atoms with Crippen LogP contribution in [0.25, 0.3) is 11.3 Å². The maximum atomic E-state index is 6.07. The number of hydrogen-bond donors (Lipinski definition) is 1. The van der Waals surface area contributed by atoms with E-state index in [1.807, 2.05) is 49.0 Å². The minimum Gasteiger partial charge on any atom is -0.491 e. The highest BCUT2D eigenvalue weighted by Crippen LogP contribution is 2.27. The molecule has 1 aromatic heterocycles. The third-order valence-electron chi connectivity index (χ3n) is 3.30. The fraction of sp³-hybridized carbons (Fsp3) is 0.438. The zero-order valence-corrected chi connectivity index (χ0v) is 12.6. The maximum absolute atomic E-state index is 6.07. The molecule has 2 rings (SSSR count). The van der Waals surface area contributed by atoms with E-state index in [-0.39, 0.29) is 6.10 Å². The van der Waals surface area contributed by atoms with Crippen molar-refractivity contribution in [3.8, 4) is 17.0 Å². The second-order valence-electron chi connectivity index (χ2n) is 5.36. The molecular weight excluding hydrogens is 250 g/mol. The molecule has 108 valence electrons. The van der Waals surface area contributed by atoms with Crippen molar-refractivity contribution in [2.45, 2.75) is 46.3 Å². The first-order valence-corrected chi connectivity index (χ1v) is 7.13. The first-order valence-electron chi connectivity index (χ1n) is 7.13. The Balaban J connectivity index is 2.25. The Kier molecular flexibility index (Phi) is 4.32. The van der Waals surface area contributed by atoms with Crippen LogP contribution in [0.15, 0.2) is 30.5 Å². The Hall–Kier alpha value is -1.97.